The highest BCUT2D eigenvalue weighted by Crippen LogP contribution is 2.39. The van der Waals surface area contributed by atoms with Crippen molar-refractivity contribution in [2.45, 2.75) is 45.3 Å². The third-order valence-corrected chi connectivity index (χ3v) is 4.38. The summed E-state index contributed by atoms with van der Waals surface area (Å²) in [6.45, 7) is 8.45. The van der Waals surface area contributed by atoms with E-state index in [0.717, 1.165) is 19.6 Å². The van der Waals surface area contributed by atoms with Gasteiger partial charge in [0.1, 0.15) is 0 Å². The normalized spacial score (nSPS) is 27.2. The van der Waals surface area contributed by atoms with Gasteiger partial charge in [-0.25, -0.2) is 0 Å². The first kappa shape index (κ1) is 12.1. The maximum atomic E-state index is 5.96. The summed E-state index contributed by atoms with van der Waals surface area (Å²) in [7, 11) is 0. The summed E-state index contributed by atoms with van der Waals surface area (Å²) >= 11 is 1.88. The molecule has 1 fully saturated rings. The fourth-order valence-corrected chi connectivity index (χ4v) is 3.55. The third-order valence-electron chi connectivity index (χ3n) is 3.31. The first-order valence-corrected chi connectivity index (χ1v) is 6.91. The quantitative estimate of drug-likeness (QED) is 0.870. The van der Waals surface area contributed by atoms with Crippen molar-refractivity contribution in [3.05, 3.63) is 21.9 Å². The Hall–Kier alpha value is -0.380. The summed E-state index contributed by atoms with van der Waals surface area (Å²) in [6, 6.07) is 4.78. The van der Waals surface area contributed by atoms with Crippen molar-refractivity contribution in [1.82, 2.24) is 5.32 Å². The smallest absolute Gasteiger partial charge is 0.0857 e. The molecule has 0 spiro atoms. The van der Waals surface area contributed by atoms with E-state index in [0.29, 0.717) is 6.04 Å². The van der Waals surface area contributed by atoms with Gasteiger partial charge < -0.3 is 10.1 Å². The number of ether oxygens (including phenoxy) is 1. The van der Waals surface area contributed by atoms with Crippen molar-refractivity contribution >= 4 is 11.3 Å². The topological polar surface area (TPSA) is 21.3 Å². The summed E-state index contributed by atoms with van der Waals surface area (Å²) in [4.78, 5) is 2.78. The highest BCUT2D eigenvalue weighted by Gasteiger charge is 2.39. The monoisotopic (exact) mass is 239 g/mol. The maximum Gasteiger partial charge on any atom is 0.0857 e. The van der Waals surface area contributed by atoms with Crippen LogP contribution in [0.25, 0.3) is 0 Å². The Morgan fingerprint density at radius 2 is 2.38 bits per heavy atom. The average molecular weight is 239 g/mol. The lowest BCUT2D eigenvalue weighted by Crippen LogP contribution is -2.40. The summed E-state index contributed by atoms with van der Waals surface area (Å²) in [5.41, 5.74) is -0.0205. The number of thiophene rings is 1. The van der Waals surface area contributed by atoms with Gasteiger partial charge in [0.25, 0.3) is 0 Å². The molecule has 2 unspecified atom stereocenters. The van der Waals surface area contributed by atoms with Gasteiger partial charge in [0.15, 0.2) is 0 Å². The molecule has 2 nitrogen and oxygen atoms in total. The van der Waals surface area contributed by atoms with Crippen molar-refractivity contribution in [3.63, 3.8) is 0 Å². The number of rotatable bonds is 4. The third kappa shape index (κ3) is 2.31. The minimum Gasteiger partial charge on any atom is -0.373 e. The van der Waals surface area contributed by atoms with Gasteiger partial charge in [0.05, 0.1) is 11.6 Å². The molecule has 0 bridgehead atoms. The molecular formula is C13H21NOS. The molecule has 2 rings (SSSR count). The predicted octanol–water partition coefficient (Wildman–Crippen LogP) is 3.28. The Balaban J connectivity index is 2.22. The molecule has 0 radical (unpaired) electrons. The molecule has 1 aromatic rings. The van der Waals surface area contributed by atoms with Gasteiger partial charge in [-0.15, -0.1) is 11.3 Å². The lowest BCUT2D eigenvalue weighted by molar-refractivity contribution is -0.0111. The lowest BCUT2D eigenvalue weighted by atomic mass is 9.92. The van der Waals surface area contributed by atoms with Crippen molar-refractivity contribution in [3.8, 4) is 0 Å². The van der Waals surface area contributed by atoms with Crippen molar-refractivity contribution in [1.29, 1.82) is 0 Å². The number of nitrogens with one attached hydrogen (secondary N) is 1. The maximum absolute atomic E-state index is 5.96. The molecule has 2 atom stereocenters. The molecule has 3 heteroatoms. The van der Waals surface area contributed by atoms with Crippen LogP contribution in [-0.4, -0.2) is 18.8 Å². The van der Waals surface area contributed by atoms with E-state index in [9.17, 15) is 0 Å². The Bertz CT molecular complexity index is 341. The van der Waals surface area contributed by atoms with Crippen LogP contribution in [0, 0.1) is 6.92 Å². The van der Waals surface area contributed by atoms with E-state index < -0.39 is 0 Å². The molecule has 0 aromatic carbocycles. The van der Waals surface area contributed by atoms with E-state index in [2.05, 4.69) is 38.2 Å². The van der Waals surface area contributed by atoms with Gasteiger partial charge in [-0.1, -0.05) is 6.92 Å². The molecule has 1 aromatic heterocycles. The van der Waals surface area contributed by atoms with Crippen LogP contribution in [0.1, 0.15) is 42.5 Å². The van der Waals surface area contributed by atoms with Crippen molar-refractivity contribution in [2.24, 2.45) is 0 Å². The molecule has 1 saturated heterocycles. The predicted molar refractivity (Wildman–Crippen MR) is 69.1 cm³/mol. The molecule has 0 saturated carbocycles. The fourth-order valence-electron chi connectivity index (χ4n) is 2.46. The SMILES string of the molecule is CCNC(c1ccc(C)s1)C1(C)CCCO1. The van der Waals surface area contributed by atoms with Crippen LogP contribution < -0.4 is 5.32 Å². The van der Waals surface area contributed by atoms with Crippen LogP contribution in [0.2, 0.25) is 0 Å². The van der Waals surface area contributed by atoms with Crippen molar-refractivity contribution in [2.75, 3.05) is 13.2 Å². The van der Waals surface area contributed by atoms with Crippen LogP contribution in [0.15, 0.2) is 12.1 Å². The van der Waals surface area contributed by atoms with E-state index in [1.807, 2.05) is 11.3 Å². The van der Waals surface area contributed by atoms with Gasteiger partial charge in [0, 0.05) is 16.4 Å². The first-order valence-electron chi connectivity index (χ1n) is 6.09. The largest absolute Gasteiger partial charge is 0.373 e. The molecular weight excluding hydrogens is 218 g/mol. The van der Waals surface area contributed by atoms with Crippen molar-refractivity contribution < 1.29 is 4.74 Å². The summed E-state index contributed by atoms with van der Waals surface area (Å²) < 4.78 is 5.96. The van der Waals surface area contributed by atoms with Crippen LogP contribution in [0.5, 0.6) is 0 Å². The fraction of sp³-hybridized carbons (Fsp3) is 0.692. The average Bonchev–Trinajstić information content (AvgIpc) is 2.85. The zero-order valence-electron chi connectivity index (χ0n) is 10.4. The van der Waals surface area contributed by atoms with Gasteiger partial charge in [-0.2, -0.15) is 0 Å². The Kier molecular flexibility index (Phi) is 3.67. The molecule has 2 heterocycles. The Morgan fingerprint density at radius 3 is 2.88 bits per heavy atom. The van der Waals surface area contributed by atoms with Crippen LogP contribution in [-0.2, 0) is 4.74 Å². The minimum atomic E-state index is -0.0205. The molecule has 16 heavy (non-hydrogen) atoms. The van der Waals surface area contributed by atoms with Crippen LogP contribution in [0.4, 0.5) is 0 Å². The second kappa shape index (κ2) is 4.86. The summed E-state index contributed by atoms with van der Waals surface area (Å²) in [5, 5.41) is 3.58. The molecule has 0 aliphatic carbocycles. The molecule has 0 amide bonds. The number of hydrogen-bond donors (Lipinski definition) is 1. The minimum absolute atomic E-state index is 0.0205. The zero-order valence-corrected chi connectivity index (χ0v) is 11.2. The lowest BCUT2D eigenvalue weighted by Gasteiger charge is -2.33. The highest BCUT2D eigenvalue weighted by atomic mass is 32.1. The number of likely N-dealkylation sites (N-methyl/N-ethyl adjacent to an activating group) is 1. The molecule has 1 aliphatic heterocycles. The van der Waals surface area contributed by atoms with E-state index in [1.54, 1.807) is 0 Å². The Labute approximate surface area is 102 Å². The first-order chi connectivity index (χ1) is 7.65. The summed E-state index contributed by atoms with van der Waals surface area (Å²) in [5.74, 6) is 0. The highest BCUT2D eigenvalue weighted by molar-refractivity contribution is 7.12. The second-order valence-electron chi connectivity index (χ2n) is 4.70. The summed E-state index contributed by atoms with van der Waals surface area (Å²) in [6.07, 6.45) is 2.34. The second-order valence-corrected chi connectivity index (χ2v) is 6.02. The zero-order chi connectivity index (χ0) is 11.6. The number of hydrogen-bond acceptors (Lipinski definition) is 3. The van der Waals surface area contributed by atoms with Gasteiger partial charge in [0.2, 0.25) is 0 Å². The molecule has 90 valence electrons. The van der Waals surface area contributed by atoms with E-state index >= 15 is 0 Å². The van der Waals surface area contributed by atoms with E-state index in [1.165, 1.54) is 16.2 Å². The molecule has 1 aliphatic rings. The number of aryl methyl sites for hydroxylation is 1. The Morgan fingerprint density at radius 1 is 1.56 bits per heavy atom. The van der Waals surface area contributed by atoms with Gasteiger partial charge in [-0.3, -0.25) is 0 Å². The molecule has 1 N–H and O–H groups in total. The standard InChI is InChI=1S/C13H21NOS/c1-4-14-12(11-7-6-10(2)16-11)13(3)8-5-9-15-13/h6-7,12,14H,4-5,8-9H2,1-3H3. The van der Waals surface area contributed by atoms with Gasteiger partial charge in [-0.05, 0) is 45.4 Å². The van der Waals surface area contributed by atoms with E-state index in [4.69, 9.17) is 4.74 Å². The van der Waals surface area contributed by atoms with Crippen LogP contribution >= 0.6 is 11.3 Å². The van der Waals surface area contributed by atoms with Gasteiger partial charge >= 0.3 is 0 Å². The van der Waals surface area contributed by atoms with Crippen LogP contribution in [0.3, 0.4) is 0 Å². The van der Waals surface area contributed by atoms with E-state index in [-0.39, 0.29) is 5.60 Å².